The lowest BCUT2D eigenvalue weighted by Gasteiger charge is -2.11. The van der Waals surface area contributed by atoms with Gasteiger partial charge in [-0.15, -0.1) is 0 Å². The molecular formula is C18H20BrNO2S. The Labute approximate surface area is 150 Å². The van der Waals surface area contributed by atoms with E-state index in [4.69, 9.17) is 27.4 Å². The van der Waals surface area contributed by atoms with E-state index in [1.165, 1.54) is 5.56 Å². The molecule has 2 rings (SSSR count). The molecule has 3 nitrogen and oxygen atoms in total. The van der Waals surface area contributed by atoms with Crippen LogP contribution in [0.2, 0.25) is 0 Å². The summed E-state index contributed by atoms with van der Waals surface area (Å²) < 4.78 is 12.2. The van der Waals surface area contributed by atoms with E-state index in [1.807, 2.05) is 30.3 Å². The molecule has 5 heteroatoms. The summed E-state index contributed by atoms with van der Waals surface area (Å²) >= 11 is 8.40. The van der Waals surface area contributed by atoms with Crippen LogP contribution in [0.1, 0.15) is 30.9 Å². The van der Waals surface area contributed by atoms with Crippen LogP contribution >= 0.6 is 28.1 Å². The van der Waals surface area contributed by atoms with E-state index in [-0.39, 0.29) is 0 Å². The Kier molecular flexibility index (Phi) is 6.42. The Bertz CT molecular complexity index is 671. The highest BCUT2D eigenvalue weighted by molar-refractivity contribution is 9.10. The van der Waals surface area contributed by atoms with Gasteiger partial charge < -0.3 is 15.2 Å². The molecule has 0 heterocycles. The van der Waals surface area contributed by atoms with Gasteiger partial charge in [0.25, 0.3) is 0 Å². The van der Waals surface area contributed by atoms with E-state index in [9.17, 15) is 0 Å². The van der Waals surface area contributed by atoms with Crippen LogP contribution in [0.5, 0.6) is 11.5 Å². The lowest BCUT2D eigenvalue weighted by molar-refractivity contribution is 0.216. The molecule has 2 aromatic carbocycles. The molecule has 0 spiro atoms. The predicted molar refractivity (Wildman–Crippen MR) is 102 cm³/mol. The summed E-state index contributed by atoms with van der Waals surface area (Å²) in [6, 6.07) is 13.7. The first-order chi connectivity index (χ1) is 11.0. The molecule has 0 unspecified atom stereocenters. The van der Waals surface area contributed by atoms with Crippen LogP contribution in [0.25, 0.3) is 0 Å². The number of halogens is 1. The Morgan fingerprint density at radius 3 is 2.30 bits per heavy atom. The third kappa shape index (κ3) is 5.22. The van der Waals surface area contributed by atoms with Crippen LogP contribution in [0.4, 0.5) is 0 Å². The highest BCUT2D eigenvalue weighted by atomic mass is 79.9. The highest BCUT2D eigenvalue weighted by Gasteiger charge is 2.05. The molecule has 23 heavy (non-hydrogen) atoms. The molecule has 0 aliphatic heterocycles. The molecule has 0 saturated carbocycles. The quantitative estimate of drug-likeness (QED) is 0.548. The van der Waals surface area contributed by atoms with E-state index in [2.05, 4.69) is 41.9 Å². The van der Waals surface area contributed by atoms with Crippen molar-refractivity contribution in [3.63, 3.8) is 0 Å². The fourth-order valence-corrected chi connectivity index (χ4v) is 2.65. The van der Waals surface area contributed by atoms with E-state index in [0.29, 0.717) is 24.1 Å². The third-order valence-corrected chi connectivity index (χ3v) is 4.23. The van der Waals surface area contributed by atoms with Gasteiger partial charge in [-0.05, 0) is 57.7 Å². The van der Waals surface area contributed by atoms with Crippen molar-refractivity contribution in [1.29, 1.82) is 0 Å². The zero-order valence-corrected chi connectivity index (χ0v) is 15.6. The number of benzene rings is 2. The van der Waals surface area contributed by atoms with Gasteiger partial charge in [-0.25, -0.2) is 0 Å². The molecule has 0 amide bonds. The van der Waals surface area contributed by atoms with Crippen LogP contribution in [0.15, 0.2) is 46.9 Å². The van der Waals surface area contributed by atoms with Crippen molar-refractivity contribution in [1.82, 2.24) is 0 Å². The van der Waals surface area contributed by atoms with Crippen molar-refractivity contribution in [3.05, 3.63) is 58.1 Å². The summed E-state index contributed by atoms with van der Waals surface area (Å²) in [5.74, 6) is 2.11. The Balaban J connectivity index is 1.82. The van der Waals surface area contributed by atoms with Crippen LogP contribution in [-0.2, 0) is 0 Å². The average molecular weight is 394 g/mol. The second-order valence-corrected chi connectivity index (χ2v) is 6.72. The molecule has 0 aliphatic rings. The van der Waals surface area contributed by atoms with E-state index in [0.717, 1.165) is 21.5 Å². The van der Waals surface area contributed by atoms with Gasteiger partial charge in [-0.2, -0.15) is 0 Å². The molecule has 0 bridgehead atoms. The first-order valence-corrected chi connectivity index (χ1v) is 8.62. The molecule has 2 aromatic rings. The SMILES string of the molecule is CC(C)c1ccc(OCCOc2ccc(C(N)=S)cc2Br)cc1. The van der Waals surface area contributed by atoms with Crippen molar-refractivity contribution < 1.29 is 9.47 Å². The van der Waals surface area contributed by atoms with Gasteiger partial charge in [0.2, 0.25) is 0 Å². The van der Waals surface area contributed by atoms with Crippen molar-refractivity contribution in [2.45, 2.75) is 19.8 Å². The van der Waals surface area contributed by atoms with Crippen LogP contribution in [0, 0.1) is 0 Å². The maximum atomic E-state index is 5.70. The Hall–Kier alpha value is -1.59. The molecule has 0 radical (unpaired) electrons. The van der Waals surface area contributed by atoms with Crippen molar-refractivity contribution in [3.8, 4) is 11.5 Å². The fraction of sp³-hybridized carbons (Fsp3) is 0.278. The molecular weight excluding hydrogens is 374 g/mol. The normalized spacial score (nSPS) is 10.6. The van der Waals surface area contributed by atoms with Gasteiger partial charge in [-0.1, -0.05) is 38.2 Å². The predicted octanol–water partition coefficient (Wildman–Crippen LogP) is 4.66. The molecule has 0 saturated heterocycles. The lowest BCUT2D eigenvalue weighted by Crippen LogP contribution is -2.11. The number of hydrogen-bond acceptors (Lipinski definition) is 3. The van der Waals surface area contributed by atoms with Crippen molar-refractivity contribution >= 4 is 33.1 Å². The summed E-state index contributed by atoms with van der Waals surface area (Å²) in [6.07, 6.45) is 0. The summed E-state index contributed by atoms with van der Waals surface area (Å²) in [5.41, 5.74) is 7.71. The molecule has 0 aliphatic carbocycles. The highest BCUT2D eigenvalue weighted by Crippen LogP contribution is 2.26. The number of rotatable bonds is 7. The molecule has 122 valence electrons. The van der Waals surface area contributed by atoms with Crippen molar-refractivity contribution in [2.75, 3.05) is 13.2 Å². The maximum Gasteiger partial charge on any atom is 0.133 e. The van der Waals surface area contributed by atoms with E-state index in [1.54, 1.807) is 0 Å². The summed E-state index contributed by atoms with van der Waals surface area (Å²) in [6.45, 7) is 5.27. The largest absolute Gasteiger partial charge is 0.490 e. The second-order valence-electron chi connectivity index (χ2n) is 5.43. The van der Waals surface area contributed by atoms with Gasteiger partial charge in [0.15, 0.2) is 0 Å². The monoisotopic (exact) mass is 393 g/mol. The first kappa shape index (κ1) is 17.8. The topological polar surface area (TPSA) is 44.5 Å². The summed E-state index contributed by atoms with van der Waals surface area (Å²) in [4.78, 5) is 0.366. The standard InChI is InChI=1S/C18H20BrNO2S/c1-12(2)13-3-6-15(7-4-13)21-9-10-22-17-8-5-14(18(20)23)11-16(17)19/h3-8,11-12H,9-10H2,1-2H3,(H2,20,23). The van der Waals surface area contributed by atoms with E-state index >= 15 is 0 Å². The zero-order chi connectivity index (χ0) is 16.8. The lowest BCUT2D eigenvalue weighted by atomic mass is 10.0. The van der Waals surface area contributed by atoms with Gasteiger partial charge in [0, 0.05) is 5.56 Å². The van der Waals surface area contributed by atoms with Gasteiger partial charge in [-0.3, -0.25) is 0 Å². The molecule has 0 atom stereocenters. The number of hydrogen-bond donors (Lipinski definition) is 1. The second kappa shape index (κ2) is 8.31. The van der Waals surface area contributed by atoms with Crippen LogP contribution < -0.4 is 15.2 Å². The number of thiocarbonyl (C=S) groups is 1. The minimum Gasteiger partial charge on any atom is -0.490 e. The maximum absolute atomic E-state index is 5.70. The minimum atomic E-state index is 0.366. The fourth-order valence-electron chi connectivity index (χ4n) is 2.03. The Morgan fingerprint density at radius 2 is 1.74 bits per heavy atom. The summed E-state index contributed by atoms with van der Waals surface area (Å²) in [7, 11) is 0. The minimum absolute atomic E-state index is 0.366. The first-order valence-electron chi connectivity index (χ1n) is 7.42. The average Bonchev–Trinajstić information content (AvgIpc) is 2.53. The Morgan fingerprint density at radius 1 is 1.09 bits per heavy atom. The molecule has 2 N–H and O–H groups in total. The van der Waals surface area contributed by atoms with Gasteiger partial charge in [0.05, 0.1) is 4.47 Å². The van der Waals surface area contributed by atoms with Gasteiger partial charge in [0.1, 0.15) is 29.7 Å². The van der Waals surface area contributed by atoms with Gasteiger partial charge >= 0.3 is 0 Å². The zero-order valence-electron chi connectivity index (χ0n) is 13.2. The van der Waals surface area contributed by atoms with Crippen LogP contribution in [-0.4, -0.2) is 18.2 Å². The number of nitrogens with two attached hydrogens (primary N) is 1. The summed E-state index contributed by atoms with van der Waals surface area (Å²) in [5, 5.41) is 0. The molecule has 0 aromatic heterocycles. The van der Waals surface area contributed by atoms with Crippen molar-refractivity contribution in [2.24, 2.45) is 5.73 Å². The smallest absolute Gasteiger partial charge is 0.133 e. The number of ether oxygens (including phenoxy) is 2. The van der Waals surface area contributed by atoms with Crippen LogP contribution in [0.3, 0.4) is 0 Å². The third-order valence-electron chi connectivity index (χ3n) is 3.37. The molecule has 0 fully saturated rings. The van der Waals surface area contributed by atoms with E-state index < -0.39 is 0 Å².